The van der Waals surface area contributed by atoms with Gasteiger partial charge in [0, 0.05) is 12.3 Å². The van der Waals surface area contributed by atoms with E-state index in [9.17, 15) is 39.5 Å². The van der Waals surface area contributed by atoms with E-state index in [1.807, 2.05) is 4.98 Å². The topological polar surface area (TPSA) is 280 Å². The van der Waals surface area contributed by atoms with E-state index in [4.69, 9.17) is 24.3 Å². The molecule has 5 rings (SSSR count). The predicted molar refractivity (Wildman–Crippen MR) is 125 cm³/mol. The quantitative estimate of drug-likeness (QED) is 0.128. The van der Waals surface area contributed by atoms with Gasteiger partial charge in [-0.05, 0) is 0 Å². The largest absolute Gasteiger partial charge is 0.472 e. The number of nitrogens with two attached hydrogens (primary N) is 1. The van der Waals surface area contributed by atoms with E-state index >= 15 is 0 Å². The van der Waals surface area contributed by atoms with E-state index in [-0.39, 0.29) is 17.0 Å². The van der Waals surface area contributed by atoms with Gasteiger partial charge in [-0.2, -0.15) is 0 Å². The van der Waals surface area contributed by atoms with Crippen LogP contribution >= 0.6 is 7.82 Å². The molecule has 20 heteroatoms. The number of aliphatic hydroxyl groups excluding tert-OH is 4. The van der Waals surface area contributed by atoms with E-state index in [0.29, 0.717) is 0 Å². The second-order valence-corrected chi connectivity index (χ2v) is 10.1. The molecule has 0 spiro atoms. The summed E-state index contributed by atoms with van der Waals surface area (Å²) in [5.74, 6) is 0.0778. The summed E-state index contributed by atoms with van der Waals surface area (Å²) in [6.45, 7) is -1.49. The van der Waals surface area contributed by atoms with Crippen molar-refractivity contribution in [2.75, 3.05) is 18.9 Å². The fourth-order valence-corrected chi connectivity index (χ4v) is 5.27. The van der Waals surface area contributed by atoms with Crippen LogP contribution in [0.3, 0.4) is 0 Å². The molecule has 0 radical (unpaired) electrons. The molecule has 212 valence electrons. The summed E-state index contributed by atoms with van der Waals surface area (Å²) in [5.41, 5.74) is 4.50. The van der Waals surface area contributed by atoms with E-state index in [1.165, 1.54) is 17.2 Å². The van der Waals surface area contributed by atoms with Crippen molar-refractivity contribution >= 4 is 24.8 Å². The third kappa shape index (κ3) is 5.12. The number of H-pyrrole nitrogens is 1. The van der Waals surface area contributed by atoms with E-state index in [1.54, 1.807) is 0 Å². The Morgan fingerprint density at radius 1 is 1.05 bits per heavy atom. The van der Waals surface area contributed by atoms with E-state index < -0.39 is 81.4 Å². The first-order valence-electron chi connectivity index (χ1n) is 11.4. The minimum absolute atomic E-state index is 0.0778. The molecular weight excluding hydrogens is 549 g/mol. The molecule has 8 N–H and O–H groups in total. The van der Waals surface area contributed by atoms with Crippen LogP contribution in [-0.4, -0.2) is 104 Å². The third-order valence-corrected chi connectivity index (χ3v) is 7.26. The van der Waals surface area contributed by atoms with E-state index in [0.717, 1.165) is 16.8 Å². The van der Waals surface area contributed by atoms with Gasteiger partial charge in [0.05, 0.1) is 19.5 Å². The first kappa shape index (κ1) is 27.5. The number of nitrogens with one attached hydrogen (secondary N) is 1. The Hall–Kier alpha value is -3.10. The average molecular weight is 573 g/mol. The van der Waals surface area contributed by atoms with Gasteiger partial charge in [-0.1, -0.05) is 0 Å². The van der Waals surface area contributed by atoms with Crippen LogP contribution in [0.25, 0.3) is 11.2 Å². The molecule has 0 saturated carbocycles. The predicted octanol–water partition coefficient (Wildman–Crippen LogP) is -3.67. The number of rotatable bonds is 8. The summed E-state index contributed by atoms with van der Waals surface area (Å²) in [7, 11) is -5.06. The van der Waals surface area contributed by atoms with Crippen LogP contribution < -0.4 is 17.0 Å². The number of hydrogen-bond acceptors (Lipinski definition) is 15. The Morgan fingerprint density at radius 3 is 2.51 bits per heavy atom. The highest BCUT2D eigenvalue weighted by molar-refractivity contribution is 7.47. The molecule has 2 aliphatic heterocycles. The zero-order valence-electron chi connectivity index (χ0n) is 19.7. The molecule has 0 bridgehead atoms. The van der Waals surface area contributed by atoms with Gasteiger partial charge >= 0.3 is 13.5 Å². The molecule has 5 heterocycles. The summed E-state index contributed by atoms with van der Waals surface area (Å²) in [5, 5.41) is 41.0. The Kier molecular flexibility index (Phi) is 7.37. The summed E-state index contributed by atoms with van der Waals surface area (Å²) in [4.78, 5) is 47.8. The van der Waals surface area contributed by atoms with Crippen LogP contribution in [0.1, 0.15) is 12.5 Å². The number of aromatic nitrogens is 6. The Bertz CT molecular complexity index is 1510. The van der Waals surface area contributed by atoms with Crippen molar-refractivity contribution in [2.24, 2.45) is 0 Å². The molecule has 2 saturated heterocycles. The Balaban J connectivity index is 1.29. The zero-order valence-corrected chi connectivity index (χ0v) is 20.6. The summed E-state index contributed by atoms with van der Waals surface area (Å²) in [6.07, 6.45) is -8.47. The minimum Gasteiger partial charge on any atom is -0.394 e. The molecule has 3 aromatic heterocycles. The van der Waals surface area contributed by atoms with Crippen LogP contribution in [-0.2, 0) is 23.1 Å². The number of nitrogens with zero attached hydrogens (tertiary/aromatic N) is 5. The number of anilines is 1. The molecule has 2 fully saturated rings. The summed E-state index contributed by atoms with van der Waals surface area (Å²) in [6, 6.07) is 0.972. The fraction of sp³-hybridized carbons (Fsp3) is 0.526. The maximum absolute atomic E-state index is 12.8. The first-order chi connectivity index (χ1) is 18.5. The van der Waals surface area contributed by atoms with Crippen molar-refractivity contribution in [1.82, 2.24) is 29.1 Å². The maximum Gasteiger partial charge on any atom is 0.472 e. The smallest absolute Gasteiger partial charge is 0.394 e. The number of ether oxygens (including phenoxy) is 2. The fourth-order valence-electron chi connectivity index (χ4n) is 4.34. The standard InChI is InChI=1S/C19H24N7O12P/c20-15-10-16(22-5-21-15)26(6-23-10)17-13(31)11(29)8(37-17)4-35-39(33,34)38-14-12(30)7(3-27)36-18(14)25-2-1-9(28)24-19(25)32/h1-2,5-8,11-14,17-18,27,29-31H,3-4H2,(H,33,34)(H2,20,21,22)(H,24,28,32)/t7-,8-,11-,12-,13+,14+,17+,18+/m0/s1. The van der Waals surface area contributed by atoms with Gasteiger partial charge in [0.2, 0.25) is 0 Å². The number of aromatic amines is 1. The van der Waals surface area contributed by atoms with Gasteiger partial charge in [0.1, 0.15) is 48.5 Å². The molecule has 1 unspecified atom stereocenters. The van der Waals surface area contributed by atoms with Gasteiger partial charge in [0.15, 0.2) is 23.9 Å². The highest BCUT2D eigenvalue weighted by Crippen LogP contribution is 2.49. The number of imidazole rings is 1. The average Bonchev–Trinajstić information content (AvgIpc) is 3.53. The molecule has 3 aromatic rings. The van der Waals surface area contributed by atoms with Crippen LogP contribution in [0.2, 0.25) is 0 Å². The molecule has 39 heavy (non-hydrogen) atoms. The second-order valence-electron chi connectivity index (χ2n) is 8.72. The lowest BCUT2D eigenvalue weighted by Crippen LogP contribution is -2.39. The van der Waals surface area contributed by atoms with Crippen molar-refractivity contribution in [3.63, 3.8) is 0 Å². The lowest BCUT2D eigenvalue weighted by atomic mass is 10.1. The van der Waals surface area contributed by atoms with Crippen LogP contribution in [0.5, 0.6) is 0 Å². The van der Waals surface area contributed by atoms with Gasteiger partial charge in [-0.15, -0.1) is 0 Å². The van der Waals surface area contributed by atoms with Crippen molar-refractivity contribution in [3.8, 4) is 0 Å². The summed E-state index contributed by atoms with van der Waals surface area (Å²) < 4.78 is 36.0. The van der Waals surface area contributed by atoms with Gasteiger partial charge < -0.3 is 40.5 Å². The Morgan fingerprint density at radius 2 is 1.79 bits per heavy atom. The van der Waals surface area contributed by atoms with Gasteiger partial charge in [0.25, 0.3) is 5.56 Å². The molecule has 0 aromatic carbocycles. The van der Waals surface area contributed by atoms with Gasteiger partial charge in [-0.25, -0.2) is 24.3 Å². The highest BCUT2D eigenvalue weighted by atomic mass is 31.2. The number of aliphatic hydroxyl groups is 4. The SMILES string of the molecule is Nc1ncnc2c1ncn2[C@@H]1O[C@@H](COP(=O)(O)O[C@@H]2[C@@H](O)[C@H](CO)O[C@H]2n2ccc(=O)[nH]c2=O)[C@H](O)[C@H]1O. The second kappa shape index (κ2) is 10.5. The van der Waals surface area contributed by atoms with Gasteiger partial charge in [-0.3, -0.25) is 28.0 Å². The number of phosphoric ester groups is 1. The summed E-state index contributed by atoms with van der Waals surface area (Å²) >= 11 is 0. The number of hydrogen-bond donors (Lipinski definition) is 7. The lowest BCUT2D eigenvalue weighted by molar-refractivity contribution is -0.0635. The monoisotopic (exact) mass is 573 g/mol. The van der Waals surface area contributed by atoms with Crippen molar-refractivity contribution in [2.45, 2.75) is 49.1 Å². The van der Waals surface area contributed by atoms with Crippen LogP contribution in [0, 0.1) is 0 Å². The van der Waals surface area contributed by atoms with E-state index in [2.05, 4.69) is 15.0 Å². The van der Waals surface area contributed by atoms with Crippen LogP contribution in [0.15, 0.2) is 34.5 Å². The Labute approximate surface area is 216 Å². The molecule has 0 aliphatic carbocycles. The normalized spacial score (nSPS) is 32.5. The number of fused-ring (bicyclic) bond motifs is 1. The minimum atomic E-state index is -5.06. The third-order valence-electron chi connectivity index (χ3n) is 6.27. The van der Waals surface area contributed by atoms with Crippen molar-refractivity contribution in [3.05, 3.63) is 45.8 Å². The number of phosphoric acid groups is 1. The lowest BCUT2D eigenvalue weighted by Gasteiger charge is -2.25. The van der Waals surface area contributed by atoms with Crippen molar-refractivity contribution < 1.29 is 48.4 Å². The molecule has 9 atom stereocenters. The molecule has 2 aliphatic rings. The molecule has 19 nitrogen and oxygen atoms in total. The maximum atomic E-state index is 12.8. The molecular formula is C19H24N7O12P. The molecule has 0 amide bonds. The van der Waals surface area contributed by atoms with Crippen molar-refractivity contribution in [1.29, 1.82) is 0 Å². The zero-order chi connectivity index (χ0) is 28.1. The highest BCUT2D eigenvalue weighted by Gasteiger charge is 2.50. The first-order valence-corrected chi connectivity index (χ1v) is 12.9. The number of nitrogen functional groups attached to an aromatic ring is 1. The van der Waals surface area contributed by atoms with Crippen LogP contribution in [0.4, 0.5) is 5.82 Å².